The summed E-state index contributed by atoms with van der Waals surface area (Å²) < 4.78 is 4.65. The van der Waals surface area contributed by atoms with Crippen molar-refractivity contribution >= 4 is 23.3 Å². The SMILES string of the molecule is CNc1c(C(=O)OC)ccc(Cl)c1C. The van der Waals surface area contributed by atoms with Gasteiger partial charge in [0.15, 0.2) is 0 Å². The number of esters is 1. The van der Waals surface area contributed by atoms with Crippen LogP contribution in [0.5, 0.6) is 0 Å². The maximum atomic E-state index is 11.4. The second kappa shape index (κ2) is 4.33. The number of methoxy groups -OCH3 is 1. The molecule has 1 aromatic rings. The molecule has 0 aromatic heterocycles. The molecule has 0 bridgehead atoms. The summed E-state index contributed by atoms with van der Waals surface area (Å²) in [5.74, 6) is -0.367. The van der Waals surface area contributed by atoms with Gasteiger partial charge in [-0.05, 0) is 24.6 Å². The molecule has 4 heteroatoms. The van der Waals surface area contributed by atoms with Crippen LogP contribution in [0.15, 0.2) is 12.1 Å². The van der Waals surface area contributed by atoms with Crippen LogP contribution in [-0.2, 0) is 4.74 Å². The molecule has 3 nitrogen and oxygen atoms in total. The van der Waals surface area contributed by atoms with Crippen LogP contribution in [0.4, 0.5) is 5.69 Å². The number of anilines is 1. The van der Waals surface area contributed by atoms with E-state index >= 15 is 0 Å². The predicted octanol–water partition coefficient (Wildman–Crippen LogP) is 2.48. The maximum absolute atomic E-state index is 11.4. The first-order valence-corrected chi connectivity index (χ1v) is 4.54. The molecule has 0 heterocycles. The summed E-state index contributed by atoms with van der Waals surface area (Å²) in [5, 5.41) is 3.56. The zero-order valence-electron chi connectivity index (χ0n) is 8.35. The molecule has 0 fully saturated rings. The second-order valence-corrected chi connectivity index (χ2v) is 3.24. The number of rotatable bonds is 2. The average Bonchev–Trinajstić information content (AvgIpc) is 2.20. The van der Waals surface area contributed by atoms with Crippen LogP contribution in [0.2, 0.25) is 5.02 Å². The van der Waals surface area contributed by atoms with Crippen molar-refractivity contribution in [2.45, 2.75) is 6.92 Å². The molecule has 0 aliphatic heterocycles. The van der Waals surface area contributed by atoms with Gasteiger partial charge in [-0.1, -0.05) is 11.6 Å². The summed E-state index contributed by atoms with van der Waals surface area (Å²) in [6.07, 6.45) is 0. The molecular weight excluding hydrogens is 202 g/mol. The molecule has 0 aliphatic carbocycles. The molecule has 0 radical (unpaired) electrons. The fourth-order valence-electron chi connectivity index (χ4n) is 1.29. The van der Waals surface area contributed by atoms with Crippen molar-refractivity contribution in [2.24, 2.45) is 0 Å². The van der Waals surface area contributed by atoms with Crippen molar-refractivity contribution in [3.63, 3.8) is 0 Å². The lowest BCUT2D eigenvalue weighted by atomic mass is 10.1. The first kappa shape index (κ1) is 10.9. The summed E-state index contributed by atoms with van der Waals surface area (Å²) in [5.41, 5.74) is 2.05. The van der Waals surface area contributed by atoms with Crippen LogP contribution in [-0.4, -0.2) is 20.1 Å². The smallest absolute Gasteiger partial charge is 0.339 e. The number of carbonyl (C=O) groups is 1. The Labute approximate surface area is 88.0 Å². The summed E-state index contributed by atoms with van der Waals surface area (Å²) in [6, 6.07) is 3.33. The predicted molar refractivity (Wildman–Crippen MR) is 57.1 cm³/mol. The Hall–Kier alpha value is -1.22. The lowest BCUT2D eigenvalue weighted by molar-refractivity contribution is 0.0602. The van der Waals surface area contributed by atoms with E-state index in [4.69, 9.17) is 11.6 Å². The zero-order chi connectivity index (χ0) is 10.7. The van der Waals surface area contributed by atoms with Crippen LogP contribution >= 0.6 is 11.6 Å². The maximum Gasteiger partial charge on any atom is 0.339 e. The Kier molecular flexibility index (Phi) is 3.36. The minimum Gasteiger partial charge on any atom is -0.465 e. The van der Waals surface area contributed by atoms with E-state index in [0.717, 1.165) is 5.56 Å². The van der Waals surface area contributed by atoms with Gasteiger partial charge in [0.2, 0.25) is 0 Å². The molecule has 0 aliphatic rings. The highest BCUT2D eigenvalue weighted by Gasteiger charge is 2.14. The van der Waals surface area contributed by atoms with Crippen LogP contribution < -0.4 is 5.32 Å². The highest BCUT2D eigenvalue weighted by Crippen LogP contribution is 2.27. The lowest BCUT2D eigenvalue weighted by Crippen LogP contribution is -2.07. The van der Waals surface area contributed by atoms with E-state index < -0.39 is 0 Å². The zero-order valence-corrected chi connectivity index (χ0v) is 9.11. The molecule has 0 saturated carbocycles. The van der Waals surface area contributed by atoms with Gasteiger partial charge in [-0.25, -0.2) is 4.79 Å². The van der Waals surface area contributed by atoms with E-state index in [1.165, 1.54) is 7.11 Å². The van der Waals surface area contributed by atoms with Gasteiger partial charge in [-0.15, -0.1) is 0 Å². The van der Waals surface area contributed by atoms with Crippen molar-refractivity contribution in [1.29, 1.82) is 0 Å². The number of halogens is 1. The molecule has 0 saturated heterocycles. The number of hydrogen-bond acceptors (Lipinski definition) is 3. The second-order valence-electron chi connectivity index (χ2n) is 2.84. The third-order valence-electron chi connectivity index (χ3n) is 2.05. The highest BCUT2D eigenvalue weighted by molar-refractivity contribution is 6.32. The number of nitrogens with one attached hydrogen (secondary N) is 1. The van der Waals surface area contributed by atoms with Crippen LogP contribution in [0.3, 0.4) is 0 Å². The minimum atomic E-state index is -0.367. The molecule has 1 rings (SSSR count). The monoisotopic (exact) mass is 213 g/mol. The quantitative estimate of drug-likeness (QED) is 0.768. The van der Waals surface area contributed by atoms with Crippen LogP contribution in [0, 0.1) is 6.92 Å². The molecule has 1 aromatic carbocycles. The molecule has 0 spiro atoms. The van der Waals surface area contributed by atoms with Crippen molar-refractivity contribution in [1.82, 2.24) is 0 Å². The molecule has 76 valence electrons. The Morgan fingerprint density at radius 2 is 2.14 bits per heavy atom. The van der Waals surface area contributed by atoms with Crippen molar-refractivity contribution in [3.8, 4) is 0 Å². The van der Waals surface area contributed by atoms with Crippen LogP contribution in [0.25, 0.3) is 0 Å². The largest absolute Gasteiger partial charge is 0.465 e. The lowest BCUT2D eigenvalue weighted by Gasteiger charge is -2.11. The molecule has 0 atom stereocenters. The van der Waals surface area contributed by atoms with Gasteiger partial charge < -0.3 is 10.1 Å². The average molecular weight is 214 g/mol. The molecule has 0 amide bonds. The van der Waals surface area contributed by atoms with E-state index in [2.05, 4.69) is 10.1 Å². The topological polar surface area (TPSA) is 38.3 Å². The van der Waals surface area contributed by atoms with Crippen molar-refractivity contribution in [3.05, 3.63) is 28.3 Å². The van der Waals surface area contributed by atoms with Gasteiger partial charge in [0.1, 0.15) is 0 Å². The van der Waals surface area contributed by atoms with E-state index in [-0.39, 0.29) is 5.97 Å². The van der Waals surface area contributed by atoms with Gasteiger partial charge in [0, 0.05) is 12.1 Å². The standard InChI is InChI=1S/C10H12ClNO2/c1-6-8(11)5-4-7(9(6)12-2)10(13)14-3/h4-5,12H,1-3H3. The first-order valence-electron chi connectivity index (χ1n) is 4.17. The Morgan fingerprint density at radius 1 is 1.50 bits per heavy atom. The normalized spacial score (nSPS) is 9.71. The number of carbonyl (C=O) groups excluding carboxylic acids is 1. The Morgan fingerprint density at radius 3 is 2.64 bits per heavy atom. The number of benzene rings is 1. The number of hydrogen-bond donors (Lipinski definition) is 1. The van der Waals surface area contributed by atoms with E-state index in [1.54, 1.807) is 19.2 Å². The molecule has 0 unspecified atom stereocenters. The van der Waals surface area contributed by atoms with Gasteiger partial charge >= 0.3 is 5.97 Å². The Balaban J connectivity index is 3.31. The molecule has 1 N–H and O–H groups in total. The van der Waals surface area contributed by atoms with E-state index in [9.17, 15) is 4.79 Å². The summed E-state index contributed by atoms with van der Waals surface area (Å²) in [4.78, 5) is 11.4. The van der Waals surface area contributed by atoms with Gasteiger partial charge in [-0.2, -0.15) is 0 Å². The van der Waals surface area contributed by atoms with Crippen molar-refractivity contribution in [2.75, 3.05) is 19.5 Å². The highest BCUT2D eigenvalue weighted by atomic mass is 35.5. The minimum absolute atomic E-state index is 0.367. The molecular formula is C10H12ClNO2. The van der Waals surface area contributed by atoms with Gasteiger partial charge in [0.05, 0.1) is 18.4 Å². The van der Waals surface area contributed by atoms with Gasteiger partial charge in [-0.3, -0.25) is 0 Å². The summed E-state index contributed by atoms with van der Waals surface area (Å²) in [6.45, 7) is 1.85. The molecule has 14 heavy (non-hydrogen) atoms. The van der Waals surface area contributed by atoms with E-state index in [1.807, 2.05) is 6.92 Å². The third-order valence-corrected chi connectivity index (χ3v) is 2.46. The van der Waals surface area contributed by atoms with Gasteiger partial charge in [0.25, 0.3) is 0 Å². The van der Waals surface area contributed by atoms with Crippen LogP contribution in [0.1, 0.15) is 15.9 Å². The summed E-state index contributed by atoms with van der Waals surface area (Å²) >= 11 is 5.92. The summed E-state index contributed by atoms with van der Waals surface area (Å²) in [7, 11) is 3.09. The fourth-order valence-corrected chi connectivity index (χ4v) is 1.45. The van der Waals surface area contributed by atoms with E-state index in [0.29, 0.717) is 16.3 Å². The first-order chi connectivity index (χ1) is 6.61. The third kappa shape index (κ3) is 1.82. The Bertz CT molecular complexity index is 363. The number of ether oxygens (including phenoxy) is 1. The van der Waals surface area contributed by atoms with Crippen molar-refractivity contribution < 1.29 is 9.53 Å². The fraction of sp³-hybridized carbons (Fsp3) is 0.300.